The molecule has 1 aromatic heterocycles. The molecule has 1 fully saturated rings. The summed E-state index contributed by atoms with van der Waals surface area (Å²) in [6.45, 7) is 2.48. The fraction of sp³-hybridized carbons (Fsp3) is 0.500. The zero-order valence-electron chi connectivity index (χ0n) is 6.32. The molecule has 1 saturated heterocycles. The van der Waals surface area contributed by atoms with Crippen molar-refractivity contribution < 1.29 is 13.9 Å². The second kappa shape index (κ2) is 2.68. The Morgan fingerprint density at radius 1 is 1.64 bits per heavy atom. The van der Waals surface area contributed by atoms with Crippen molar-refractivity contribution in [1.29, 1.82) is 0 Å². The molecule has 1 aliphatic rings. The van der Waals surface area contributed by atoms with Crippen LogP contribution in [0.25, 0.3) is 0 Å². The summed E-state index contributed by atoms with van der Waals surface area (Å²) in [5, 5.41) is 0. The summed E-state index contributed by atoms with van der Waals surface area (Å²) in [5.41, 5.74) is 0. The van der Waals surface area contributed by atoms with Crippen LogP contribution in [0.4, 0.5) is 0 Å². The maximum atomic E-state index is 5.29. The zero-order chi connectivity index (χ0) is 7.68. The summed E-state index contributed by atoms with van der Waals surface area (Å²) < 4.78 is 15.4. The summed E-state index contributed by atoms with van der Waals surface area (Å²) in [7, 11) is 0. The Labute approximate surface area is 64.9 Å². The average molecular weight is 154 g/mol. The van der Waals surface area contributed by atoms with Gasteiger partial charge in [0.1, 0.15) is 18.5 Å². The van der Waals surface area contributed by atoms with Crippen molar-refractivity contribution in [3.8, 4) is 0 Å². The van der Waals surface area contributed by atoms with Crippen LogP contribution in [-0.2, 0) is 16.1 Å². The Hall–Kier alpha value is -0.800. The predicted molar refractivity (Wildman–Crippen MR) is 37.8 cm³/mol. The van der Waals surface area contributed by atoms with E-state index >= 15 is 0 Å². The minimum absolute atomic E-state index is 0.0138. The third kappa shape index (κ3) is 1.61. The molecule has 2 atom stereocenters. The van der Waals surface area contributed by atoms with Crippen LogP contribution in [0.2, 0.25) is 0 Å². The highest BCUT2D eigenvalue weighted by Crippen LogP contribution is 2.23. The van der Waals surface area contributed by atoms with E-state index in [-0.39, 0.29) is 12.4 Å². The molecule has 2 unspecified atom stereocenters. The van der Waals surface area contributed by atoms with Gasteiger partial charge in [0.15, 0.2) is 6.29 Å². The van der Waals surface area contributed by atoms with E-state index in [1.807, 2.05) is 19.1 Å². The average Bonchev–Trinajstić information content (AvgIpc) is 2.55. The quantitative estimate of drug-likeness (QED) is 0.619. The maximum Gasteiger partial charge on any atom is 0.184 e. The molecular formula is C8H10O3. The van der Waals surface area contributed by atoms with Crippen molar-refractivity contribution in [2.24, 2.45) is 0 Å². The van der Waals surface area contributed by atoms with Crippen LogP contribution in [0.15, 0.2) is 22.8 Å². The Kier molecular flexibility index (Phi) is 1.68. The van der Waals surface area contributed by atoms with Gasteiger partial charge in [-0.1, -0.05) is 0 Å². The van der Waals surface area contributed by atoms with Gasteiger partial charge < -0.3 is 13.9 Å². The summed E-state index contributed by atoms with van der Waals surface area (Å²) in [4.78, 5) is 0. The van der Waals surface area contributed by atoms with Crippen LogP contribution in [0.3, 0.4) is 0 Å². The first-order valence-corrected chi connectivity index (χ1v) is 3.66. The van der Waals surface area contributed by atoms with E-state index in [2.05, 4.69) is 0 Å². The van der Waals surface area contributed by atoms with E-state index in [1.54, 1.807) is 6.26 Å². The molecule has 60 valence electrons. The Balaban J connectivity index is 1.75. The normalized spacial score (nSPS) is 28.8. The molecule has 0 aliphatic carbocycles. The molecule has 2 rings (SSSR count). The maximum absolute atomic E-state index is 5.29. The van der Waals surface area contributed by atoms with E-state index in [4.69, 9.17) is 13.9 Å². The van der Waals surface area contributed by atoms with Gasteiger partial charge in [0.05, 0.1) is 6.26 Å². The van der Waals surface area contributed by atoms with Gasteiger partial charge in [-0.15, -0.1) is 0 Å². The molecule has 0 bridgehead atoms. The van der Waals surface area contributed by atoms with Crippen LogP contribution >= 0.6 is 0 Å². The minimum atomic E-state index is -0.0138. The molecule has 3 heteroatoms. The summed E-state index contributed by atoms with van der Waals surface area (Å²) in [6.07, 6.45) is 1.88. The lowest BCUT2D eigenvalue weighted by atomic mass is 10.5. The monoisotopic (exact) mass is 154 g/mol. The van der Waals surface area contributed by atoms with Gasteiger partial charge in [-0.2, -0.15) is 0 Å². The third-order valence-corrected chi connectivity index (χ3v) is 1.63. The number of ether oxygens (including phenoxy) is 2. The van der Waals surface area contributed by atoms with Gasteiger partial charge in [0.2, 0.25) is 0 Å². The standard InChI is InChI=1S/C8H10O3/c1-6-8(11-6)10-5-7-3-2-4-9-7/h2-4,6,8H,5H2,1H3. The fourth-order valence-electron chi connectivity index (χ4n) is 0.900. The first kappa shape index (κ1) is 6.88. The van der Waals surface area contributed by atoms with E-state index in [1.165, 1.54) is 0 Å². The number of hydrogen-bond acceptors (Lipinski definition) is 3. The predicted octanol–water partition coefficient (Wildman–Crippen LogP) is 1.54. The molecule has 2 heterocycles. The van der Waals surface area contributed by atoms with Gasteiger partial charge in [-0.05, 0) is 19.1 Å². The highest BCUT2D eigenvalue weighted by atomic mass is 16.8. The van der Waals surface area contributed by atoms with E-state index < -0.39 is 0 Å². The lowest BCUT2D eigenvalue weighted by molar-refractivity contribution is 0.0295. The van der Waals surface area contributed by atoms with Crippen LogP contribution in [0.1, 0.15) is 12.7 Å². The Morgan fingerprint density at radius 3 is 3.00 bits per heavy atom. The second-order valence-corrected chi connectivity index (χ2v) is 2.60. The summed E-state index contributed by atoms with van der Waals surface area (Å²) in [6, 6.07) is 3.73. The Morgan fingerprint density at radius 2 is 2.45 bits per heavy atom. The molecule has 0 radical (unpaired) electrons. The van der Waals surface area contributed by atoms with E-state index in [0.29, 0.717) is 6.61 Å². The molecule has 1 aromatic rings. The highest BCUT2D eigenvalue weighted by molar-refractivity contribution is 4.96. The zero-order valence-corrected chi connectivity index (χ0v) is 6.32. The smallest absolute Gasteiger partial charge is 0.184 e. The van der Waals surface area contributed by atoms with Crippen molar-refractivity contribution in [3.05, 3.63) is 24.2 Å². The van der Waals surface area contributed by atoms with E-state index in [0.717, 1.165) is 5.76 Å². The molecule has 1 aliphatic heterocycles. The van der Waals surface area contributed by atoms with Crippen LogP contribution in [-0.4, -0.2) is 12.4 Å². The molecule has 0 N–H and O–H groups in total. The molecule has 0 aromatic carbocycles. The van der Waals surface area contributed by atoms with Crippen molar-refractivity contribution in [3.63, 3.8) is 0 Å². The molecule has 0 spiro atoms. The van der Waals surface area contributed by atoms with Gasteiger partial charge in [0, 0.05) is 0 Å². The molecular weight excluding hydrogens is 144 g/mol. The first-order chi connectivity index (χ1) is 5.36. The topological polar surface area (TPSA) is 34.9 Å². The number of rotatable bonds is 3. The number of epoxide rings is 1. The SMILES string of the molecule is CC1OC1OCc1ccco1. The van der Waals surface area contributed by atoms with Crippen LogP contribution in [0.5, 0.6) is 0 Å². The number of hydrogen-bond donors (Lipinski definition) is 0. The van der Waals surface area contributed by atoms with Crippen molar-refractivity contribution in [2.45, 2.75) is 25.9 Å². The number of furan rings is 1. The third-order valence-electron chi connectivity index (χ3n) is 1.63. The first-order valence-electron chi connectivity index (χ1n) is 3.66. The van der Waals surface area contributed by atoms with Crippen molar-refractivity contribution >= 4 is 0 Å². The lowest BCUT2D eigenvalue weighted by Gasteiger charge is -1.94. The van der Waals surface area contributed by atoms with Gasteiger partial charge >= 0.3 is 0 Å². The van der Waals surface area contributed by atoms with Crippen LogP contribution in [0, 0.1) is 0 Å². The van der Waals surface area contributed by atoms with Crippen LogP contribution < -0.4 is 0 Å². The molecule has 0 saturated carbocycles. The van der Waals surface area contributed by atoms with Crippen molar-refractivity contribution in [2.75, 3.05) is 0 Å². The fourth-order valence-corrected chi connectivity index (χ4v) is 0.900. The van der Waals surface area contributed by atoms with Gasteiger partial charge in [-0.3, -0.25) is 0 Å². The minimum Gasteiger partial charge on any atom is -0.467 e. The van der Waals surface area contributed by atoms with E-state index in [9.17, 15) is 0 Å². The largest absolute Gasteiger partial charge is 0.467 e. The Bertz CT molecular complexity index is 217. The van der Waals surface area contributed by atoms with Gasteiger partial charge in [-0.25, -0.2) is 0 Å². The molecule has 3 nitrogen and oxygen atoms in total. The van der Waals surface area contributed by atoms with Gasteiger partial charge in [0.25, 0.3) is 0 Å². The summed E-state index contributed by atoms with van der Waals surface area (Å²) >= 11 is 0. The van der Waals surface area contributed by atoms with Crippen molar-refractivity contribution in [1.82, 2.24) is 0 Å². The molecule has 0 amide bonds. The molecule has 11 heavy (non-hydrogen) atoms. The summed E-state index contributed by atoms with van der Waals surface area (Å²) in [5.74, 6) is 0.840. The second-order valence-electron chi connectivity index (χ2n) is 2.60. The lowest BCUT2D eigenvalue weighted by Crippen LogP contribution is -1.97. The highest BCUT2D eigenvalue weighted by Gasteiger charge is 2.35.